The highest BCUT2D eigenvalue weighted by Gasteiger charge is 1.95. The number of nitrogens with zero attached hydrogens (tertiary/aromatic N) is 1. The van der Waals surface area contributed by atoms with Gasteiger partial charge < -0.3 is 9.67 Å². The second-order valence-electron chi connectivity index (χ2n) is 2.11. The predicted octanol–water partition coefficient (Wildman–Crippen LogP) is -0.122. The summed E-state index contributed by atoms with van der Waals surface area (Å²) in [6.45, 7) is -0.187. The van der Waals surface area contributed by atoms with Gasteiger partial charge in [-0.2, -0.15) is 0 Å². The summed E-state index contributed by atoms with van der Waals surface area (Å²) in [6, 6.07) is 3.34. The smallest absolute Gasteiger partial charge is 0.255 e. The molecule has 54 valence electrons. The molecule has 0 spiro atoms. The maximum absolute atomic E-state index is 11.0. The number of hydrogen-bond acceptors (Lipinski definition) is 2. The fraction of sp³-hybridized carbons (Fsp3) is 0.286. The first-order valence-electron chi connectivity index (χ1n) is 3.01. The first kappa shape index (κ1) is 7.02. The third-order valence-corrected chi connectivity index (χ3v) is 1.37. The largest absolute Gasteiger partial charge is 0.391 e. The molecule has 1 rings (SSSR count). The Morgan fingerprint density at radius 1 is 1.70 bits per heavy atom. The van der Waals surface area contributed by atoms with Gasteiger partial charge in [-0.15, -0.1) is 0 Å². The van der Waals surface area contributed by atoms with Crippen LogP contribution in [0, 0.1) is 0 Å². The van der Waals surface area contributed by atoms with Gasteiger partial charge in [0.05, 0.1) is 6.61 Å². The Labute approximate surface area is 58.5 Å². The van der Waals surface area contributed by atoms with Gasteiger partial charge in [0.1, 0.15) is 0 Å². The van der Waals surface area contributed by atoms with Crippen LogP contribution in [0.3, 0.4) is 0 Å². The average Bonchev–Trinajstić information content (AvgIpc) is 1.95. The molecule has 1 aromatic heterocycles. The zero-order chi connectivity index (χ0) is 7.56. The molecule has 0 atom stereocenters. The SMILES string of the molecule is Cn1cccc(CO)c1=O. The number of aromatic nitrogens is 1. The number of aliphatic hydroxyl groups is 1. The minimum absolute atomic E-state index is 0.134. The molecule has 0 unspecified atom stereocenters. The minimum Gasteiger partial charge on any atom is -0.391 e. The van der Waals surface area contributed by atoms with Crippen molar-refractivity contribution < 1.29 is 5.11 Å². The highest BCUT2D eigenvalue weighted by atomic mass is 16.3. The van der Waals surface area contributed by atoms with Crippen molar-refractivity contribution in [1.82, 2.24) is 4.57 Å². The predicted molar refractivity (Wildman–Crippen MR) is 37.6 cm³/mol. The Morgan fingerprint density at radius 2 is 2.40 bits per heavy atom. The van der Waals surface area contributed by atoms with E-state index in [2.05, 4.69) is 0 Å². The van der Waals surface area contributed by atoms with Gasteiger partial charge in [-0.1, -0.05) is 0 Å². The molecule has 0 saturated heterocycles. The van der Waals surface area contributed by atoms with Gasteiger partial charge in [-0.05, 0) is 12.1 Å². The number of aryl methyl sites for hydroxylation is 1. The lowest BCUT2D eigenvalue weighted by Gasteiger charge is -1.97. The number of rotatable bonds is 1. The molecular formula is C7H9NO2. The summed E-state index contributed by atoms with van der Waals surface area (Å²) in [5.74, 6) is 0. The van der Waals surface area contributed by atoms with Crippen LogP contribution in [0.4, 0.5) is 0 Å². The summed E-state index contributed by atoms with van der Waals surface area (Å²) in [6.07, 6.45) is 1.65. The van der Waals surface area contributed by atoms with Gasteiger partial charge in [-0.3, -0.25) is 4.79 Å². The molecule has 0 aliphatic carbocycles. The maximum atomic E-state index is 11.0. The molecule has 3 nitrogen and oxygen atoms in total. The fourth-order valence-corrected chi connectivity index (χ4v) is 0.774. The van der Waals surface area contributed by atoms with Crippen LogP contribution >= 0.6 is 0 Å². The van der Waals surface area contributed by atoms with Crippen molar-refractivity contribution in [1.29, 1.82) is 0 Å². The fourth-order valence-electron chi connectivity index (χ4n) is 0.774. The first-order chi connectivity index (χ1) is 4.75. The molecule has 0 amide bonds. The number of pyridine rings is 1. The number of aliphatic hydroxyl groups excluding tert-OH is 1. The summed E-state index contributed by atoms with van der Waals surface area (Å²) >= 11 is 0. The standard InChI is InChI=1S/C7H9NO2/c1-8-4-2-3-6(5-9)7(8)10/h2-4,9H,5H2,1H3. The molecule has 0 aromatic carbocycles. The normalized spacial score (nSPS) is 9.80. The van der Waals surface area contributed by atoms with Crippen molar-refractivity contribution in [3.63, 3.8) is 0 Å². The van der Waals surface area contributed by atoms with Crippen LogP contribution in [-0.4, -0.2) is 9.67 Å². The molecule has 0 aliphatic heterocycles. The van der Waals surface area contributed by atoms with E-state index in [0.717, 1.165) is 0 Å². The van der Waals surface area contributed by atoms with E-state index in [9.17, 15) is 4.79 Å². The molecule has 0 radical (unpaired) electrons. The van der Waals surface area contributed by atoms with Crippen molar-refractivity contribution in [2.45, 2.75) is 6.61 Å². The van der Waals surface area contributed by atoms with Crippen molar-refractivity contribution in [2.24, 2.45) is 7.05 Å². The minimum atomic E-state index is -0.187. The molecule has 0 aliphatic rings. The molecule has 0 fully saturated rings. The van der Waals surface area contributed by atoms with E-state index in [1.54, 1.807) is 25.4 Å². The van der Waals surface area contributed by atoms with E-state index in [4.69, 9.17) is 5.11 Å². The quantitative estimate of drug-likeness (QED) is 0.589. The summed E-state index contributed by atoms with van der Waals surface area (Å²) in [5.41, 5.74) is 0.301. The van der Waals surface area contributed by atoms with Crippen LogP contribution in [0.15, 0.2) is 23.1 Å². The van der Waals surface area contributed by atoms with Crippen LogP contribution < -0.4 is 5.56 Å². The van der Waals surface area contributed by atoms with E-state index in [1.807, 2.05) is 0 Å². The lowest BCUT2D eigenvalue weighted by molar-refractivity contribution is 0.279. The van der Waals surface area contributed by atoms with Crippen molar-refractivity contribution in [3.05, 3.63) is 34.2 Å². The van der Waals surface area contributed by atoms with Gasteiger partial charge in [0, 0.05) is 18.8 Å². The lowest BCUT2D eigenvalue weighted by Crippen LogP contribution is -2.19. The molecular weight excluding hydrogens is 130 g/mol. The Hall–Kier alpha value is -1.09. The van der Waals surface area contributed by atoms with E-state index in [1.165, 1.54) is 4.57 Å². The van der Waals surface area contributed by atoms with E-state index >= 15 is 0 Å². The van der Waals surface area contributed by atoms with Crippen LogP contribution in [0.1, 0.15) is 5.56 Å². The lowest BCUT2D eigenvalue weighted by atomic mass is 10.3. The Morgan fingerprint density at radius 3 is 2.90 bits per heavy atom. The first-order valence-corrected chi connectivity index (χ1v) is 3.01. The summed E-state index contributed by atoms with van der Waals surface area (Å²) in [5, 5.41) is 8.63. The van der Waals surface area contributed by atoms with Gasteiger partial charge >= 0.3 is 0 Å². The van der Waals surface area contributed by atoms with Gasteiger partial charge in [-0.25, -0.2) is 0 Å². The summed E-state index contributed by atoms with van der Waals surface area (Å²) < 4.78 is 1.44. The Bertz CT molecular complexity index is 277. The Kier molecular flexibility index (Phi) is 1.87. The van der Waals surface area contributed by atoms with Gasteiger partial charge in [0.25, 0.3) is 5.56 Å². The topological polar surface area (TPSA) is 42.2 Å². The second-order valence-corrected chi connectivity index (χ2v) is 2.11. The second kappa shape index (κ2) is 2.66. The van der Waals surface area contributed by atoms with E-state index < -0.39 is 0 Å². The van der Waals surface area contributed by atoms with E-state index in [0.29, 0.717) is 5.56 Å². The monoisotopic (exact) mass is 139 g/mol. The third-order valence-electron chi connectivity index (χ3n) is 1.37. The summed E-state index contributed by atoms with van der Waals surface area (Å²) in [4.78, 5) is 11.0. The maximum Gasteiger partial charge on any atom is 0.255 e. The van der Waals surface area contributed by atoms with Crippen molar-refractivity contribution >= 4 is 0 Å². The zero-order valence-corrected chi connectivity index (χ0v) is 5.74. The molecule has 1 aromatic rings. The average molecular weight is 139 g/mol. The summed E-state index contributed by atoms with van der Waals surface area (Å²) in [7, 11) is 1.65. The third kappa shape index (κ3) is 1.09. The van der Waals surface area contributed by atoms with Gasteiger partial charge in [0.15, 0.2) is 0 Å². The number of hydrogen-bond donors (Lipinski definition) is 1. The van der Waals surface area contributed by atoms with Crippen LogP contribution in [0.2, 0.25) is 0 Å². The van der Waals surface area contributed by atoms with E-state index in [-0.39, 0.29) is 12.2 Å². The molecule has 0 saturated carbocycles. The Balaban J connectivity index is 3.28. The molecule has 0 bridgehead atoms. The van der Waals surface area contributed by atoms with Crippen molar-refractivity contribution in [2.75, 3.05) is 0 Å². The zero-order valence-electron chi connectivity index (χ0n) is 5.74. The molecule has 1 N–H and O–H groups in total. The molecule has 3 heteroatoms. The molecule has 1 heterocycles. The highest BCUT2D eigenvalue weighted by molar-refractivity contribution is 5.08. The van der Waals surface area contributed by atoms with Crippen molar-refractivity contribution in [3.8, 4) is 0 Å². The van der Waals surface area contributed by atoms with Crippen LogP contribution in [-0.2, 0) is 13.7 Å². The van der Waals surface area contributed by atoms with Crippen LogP contribution in [0.5, 0.6) is 0 Å². The molecule has 10 heavy (non-hydrogen) atoms. The highest BCUT2D eigenvalue weighted by Crippen LogP contribution is 1.88. The van der Waals surface area contributed by atoms with Gasteiger partial charge in [0.2, 0.25) is 0 Å². The van der Waals surface area contributed by atoms with Crippen LogP contribution in [0.25, 0.3) is 0 Å².